The lowest BCUT2D eigenvalue weighted by Crippen LogP contribution is -2.49. The van der Waals surface area contributed by atoms with Gasteiger partial charge in [0.15, 0.2) is 0 Å². The molecule has 0 aromatic heterocycles. The SMILES string of the molecule is CC(C)C[C@H](NC(=O)CNC(C)C(=O)O)C(=O)Nc1ccccc1. The van der Waals surface area contributed by atoms with Gasteiger partial charge in [-0.1, -0.05) is 32.0 Å². The fourth-order valence-corrected chi connectivity index (χ4v) is 2.03. The van der Waals surface area contributed by atoms with Crippen LogP contribution in [0.25, 0.3) is 0 Å². The highest BCUT2D eigenvalue weighted by Gasteiger charge is 2.22. The minimum Gasteiger partial charge on any atom is -0.480 e. The van der Waals surface area contributed by atoms with E-state index in [0.717, 1.165) is 0 Å². The molecule has 7 heteroatoms. The standard InChI is InChI=1S/C17H25N3O4/c1-11(2)9-14(16(22)19-13-7-5-4-6-8-13)20-15(21)10-18-12(3)17(23)24/h4-8,11-12,14,18H,9-10H2,1-3H3,(H,19,22)(H,20,21)(H,23,24)/t12?,14-/m0/s1. The molecule has 132 valence electrons. The summed E-state index contributed by atoms with van der Waals surface area (Å²) < 4.78 is 0. The fourth-order valence-electron chi connectivity index (χ4n) is 2.03. The average Bonchev–Trinajstić information content (AvgIpc) is 2.52. The molecule has 0 radical (unpaired) electrons. The number of anilines is 1. The van der Waals surface area contributed by atoms with E-state index >= 15 is 0 Å². The summed E-state index contributed by atoms with van der Waals surface area (Å²) in [7, 11) is 0. The van der Waals surface area contributed by atoms with Crippen molar-refractivity contribution in [3.8, 4) is 0 Å². The van der Waals surface area contributed by atoms with Gasteiger partial charge >= 0.3 is 5.97 Å². The van der Waals surface area contributed by atoms with Crippen LogP contribution >= 0.6 is 0 Å². The largest absolute Gasteiger partial charge is 0.480 e. The van der Waals surface area contributed by atoms with Crippen LogP contribution in [0.4, 0.5) is 5.69 Å². The number of benzene rings is 1. The van der Waals surface area contributed by atoms with Gasteiger partial charge < -0.3 is 15.7 Å². The van der Waals surface area contributed by atoms with Gasteiger partial charge in [-0.25, -0.2) is 0 Å². The van der Waals surface area contributed by atoms with Crippen LogP contribution in [-0.4, -0.2) is 41.5 Å². The molecule has 24 heavy (non-hydrogen) atoms. The summed E-state index contributed by atoms with van der Waals surface area (Å²) in [5.41, 5.74) is 0.656. The Balaban J connectivity index is 2.62. The first-order valence-electron chi connectivity index (χ1n) is 7.91. The number of carboxylic acids is 1. The Morgan fingerprint density at radius 1 is 1.08 bits per heavy atom. The second-order valence-electron chi connectivity index (χ2n) is 6.05. The van der Waals surface area contributed by atoms with Gasteiger partial charge in [0.25, 0.3) is 0 Å². The Kier molecular flexibility index (Phi) is 7.91. The van der Waals surface area contributed by atoms with Gasteiger partial charge in [-0.15, -0.1) is 0 Å². The zero-order valence-corrected chi connectivity index (χ0v) is 14.2. The normalized spacial score (nSPS) is 13.2. The minimum absolute atomic E-state index is 0.166. The Morgan fingerprint density at radius 3 is 2.25 bits per heavy atom. The maximum Gasteiger partial charge on any atom is 0.320 e. The van der Waals surface area contributed by atoms with Crippen LogP contribution in [-0.2, 0) is 14.4 Å². The van der Waals surface area contributed by atoms with Crippen LogP contribution in [0.3, 0.4) is 0 Å². The van der Waals surface area contributed by atoms with Crippen LogP contribution < -0.4 is 16.0 Å². The molecule has 0 saturated carbocycles. The predicted molar refractivity (Wildman–Crippen MR) is 91.6 cm³/mol. The molecule has 4 N–H and O–H groups in total. The van der Waals surface area contributed by atoms with Gasteiger partial charge in [0.05, 0.1) is 6.54 Å². The van der Waals surface area contributed by atoms with Gasteiger partial charge in [0, 0.05) is 5.69 Å². The number of carbonyl (C=O) groups is 3. The van der Waals surface area contributed by atoms with Gasteiger partial charge in [0.1, 0.15) is 12.1 Å². The topological polar surface area (TPSA) is 108 Å². The molecule has 0 aliphatic heterocycles. The third kappa shape index (κ3) is 7.23. The molecule has 0 saturated heterocycles. The second-order valence-corrected chi connectivity index (χ2v) is 6.05. The van der Waals surface area contributed by atoms with E-state index in [1.54, 1.807) is 12.1 Å². The molecule has 0 spiro atoms. The fraction of sp³-hybridized carbons (Fsp3) is 0.471. The van der Waals surface area contributed by atoms with E-state index in [4.69, 9.17) is 5.11 Å². The van der Waals surface area contributed by atoms with E-state index in [1.165, 1.54) is 6.92 Å². The summed E-state index contributed by atoms with van der Waals surface area (Å²) in [4.78, 5) is 35.1. The lowest BCUT2D eigenvalue weighted by Gasteiger charge is -2.20. The molecular formula is C17H25N3O4. The van der Waals surface area contributed by atoms with E-state index < -0.39 is 24.0 Å². The minimum atomic E-state index is -1.04. The number of hydrogen-bond acceptors (Lipinski definition) is 4. The predicted octanol–water partition coefficient (Wildman–Crippen LogP) is 1.22. The van der Waals surface area contributed by atoms with Crippen molar-refractivity contribution in [1.82, 2.24) is 10.6 Å². The maximum absolute atomic E-state index is 12.4. The van der Waals surface area contributed by atoms with E-state index in [9.17, 15) is 14.4 Å². The molecule has 0 bridgehead atoms. The highest BCUT2D eigenvalue weighted by molar-refractivity contribution is 5.97. The van der Waals surface area contributed by atoms with E-state index in [1.807, 2.05) is 32.0 Å². The lowest BCUT2D eigenvalue weighted by atomic mass is 10.0. The van der Waals surface area contributed by atoms with Crippen LogP contribution in [0.5, 0.6) is 0 Å². The first kappa shape index (κ1) is 19.6. The maximum atomic E-state index is 12.4. The van der Waals surface area contributed by atoms with E-state index in [0.29, 0.717) is 12.1 Å². The number of para-hydroxylation sites is 1. The number of nitrogens with one attached hydrogen (secondary N) is 3. The lowest BCUT2D eigenvalue weighted by molar-refractivity contribution is -0.139. The monoisotopic (exact) mass is 335 g/mol. The zero-order valence-electron chi connectivity index (χ0n) is 14.2. The average molecular weight is 335 g/mol. The smallest absolute Gasteiger partial charge is 0.320 e. The Labute approximate surface area is 141 Å². The summed E-state index contributed by atoms with van der Waals surface area (Å²) >= 11 is 0. The molecule has 1 aromatic rings. The van der Waals surface area contributed by atoms with E-state index in [2.05, 4.69) is 16.0 Å². The number of amides is 2. The summed E-state index contributed by atoms with van der Waals surface area (Å²) in [6, 6.07) is 7.48. The van der Waals surface area contributed by atoms with Crippen molar-refractivity contribution < 1.29 is 19.5 Å². The first-order valence-corrected chi connectivity index (χ1v) is 7.91. The highest BCUT2D eigenvalue weighted by Crippen LogP contribution is 2.10. The van der Waals surface area contributed by atoms with Crippen molar-refractivity contribution >= 4 is 23.5 Å². The highest BCUT2D eigenvalue weighted by atomic mass is 16.4. The number of carboxylic acid groups (broad SMARTS) is 1. The Bertz CT molecular complexity index is 560. The van der Waals surface area contributed by atoms with E-state index in [-0.39, 0.29) is 18.4 Å². The van der Waals surface area contributed by atoms with Crippen LogP contribution in [0.2, 0.25) is 0 Å². The molecule has 2 atom stereocenters. The molecule has 1 rings (SSSR count). The molecule has 1 aromatic carbocycles. The number of aliphatic carboxylic acids is 1. The number of rotatable bonds is 9. The summed E-state index contributed by atoms with van der Waals surface area (Å²) in [6.07, 6.45) is 0.485. The molecular weight excluding hydrogens is 310 g/mol. The molecule has 0 aliphatic carbocycles. The van der Waals surface area contributed by atoms with Gasteiger partial charge in [-0.05, 0) is 31.4 Å². The van der Waals surface area contributed by atoms with Crippen molar-refractivity contribution in [2.24, 2.45) is 5.92 Å². The number of hydrogen-bond donors (Lipinski definition) is 4. The van der Waals surface area contributed by atoms with Crippen molar-refractivity contribution in [2.75, 3.05) is 11.9 Å². The molecule has 0 fully saturated rings. The third-order valence-corrected chi connectivity index (χ3v) is 3.34. The Morgan fingerprint density at radius 2 is 1.71 bits per heavy atom. The summed E-state index contributed by atoms with van der Waals surface area (Å²) in [6.45, 7) is 5.20. The van der Waals surface area contributed by atoms with Crippen LogP contribution in [0.1, 0.15) is 27.2 Å². The third-order valence-electron chi connectivity index (χ3n) is 3.34. The zero-order chi connectivity index (χ0) is 18.1. The Hall–Kier alpha value is -2.41. The summed E-state index contributed by atoms with van der Waals surface area (Å²) in [5, 5.41) is 16.8. The van der Waals surface area contributed by atoms with Crippen molar-refractivity contribution in [2.45, 2.75) is 39.3 Å². The number of carbonyl (C=O) groups excluding carboxylic acids is 2. The van der Waals surface area contributed by atoms with Gasteiger partial charge in [-0.3, -0.25) is 19.7 Å². The van der Waals surface area contributed by atoms with Crippen LogP contribution in [0, 0.1) is 5.92 Å². The molecule has 2 amide bonds. The molecule has 7 nitrogen and oxygen atoms in total. The second kappa shape index (κ2) is 9.67. The van der Waals surface area contributed by atoms with Crippen molar-refractivity contribution in [1.29, 1.82) is 0 Å². The van der Waals surface area contributed by atoms with Gasteiger partial charge in [0.2, 0.25) is 11.8 Å². The first-order chi connectivity index (χ1) is 11.3. The molecule has 1 unspecified atom stereocenters. The van der Waals surface area contributed by atoms with Crippen LogP contribution in [0.15, 0.2) is 30.3 Å². The molecule has 0 heterocycles. The molecule has 0 aliphatic rings. The van der Waals surface area contributed by atoms with Gasteiger partial charge in [-0.2, -0.15) is 0 Å². The van der Waals surface area contributed by atoms with Crippen molar-refractivity contribution in [3.05, 3.63) is 30.3 Å². The van der Waals surface area contributed by atoms with Crippen molar-refractivity contribution in [3.63, 3.8) is 0 Å². The summed E-state index contributed by atoms with van der Waals surface area (Å²) in [5.74, 6) is -1.54. The quantitative estimate of drug-likeness (QED) is 0.543.